The van der Waals surface area contributed by atoms with Gasteiger partial charge < -0.3 is 5.73 Å². The zero-order valence-electron chi connectivity index (χ0n) is 39.8. The standard InChI is InChI=1S/C68H49N3S/c1-2-50-64(44-19-4-3-5-20-44)70-66(48-23-16-21-46(41-48)47-22-17-24-49(69)42-47)71-65(50)45-39-37-43(38-40-45)51-26-18-34-60-63(51)52-25-6-7-27-53(52)67(60)54-28-8-10-30-56(54)68(57-31-11-9-29-55(57)67)58-32-12-14-35-61(58)72-62-36-15-13-33-59(62)68/h3-42,50,64H,2,69H2,1H3. The predicted octanol–water partition coefficient (Wildman–Crippen LogP) is 16.1. The molecule has 2 unspecified atom stereocenters. The van der Waals surface area contributed by atoms with Crippen molar-refractivity contribution in [2.75, 3.05) is 5.73 Å². The van der Waals surface area contributed by atoms with Crippen molar-refractivity contribution in [2.45, 2.75) is 40.0 Å². The van der Waals surface area contributed by atoms with Crippen molar-refractivity contribution < 1.29 is 0 Å². The van der Waals surface area contributed by atoms with Crippen LogP contribution in [0, 0.1) is 5.92 Å². The zero-order chi connectivity index (χ0) is 48.0. The third-order valence-corrected chi connectivity index (χ3v) is 17.1. The van der Waals surface area contributed by atoms with Gasteiger partial charge in [0.25, 0.3) is 0 Å². The topological polar surface area (TPSA) is 50.7 Å². The summed E-state index contributed by atoms with van der Waals surface area (Å²) in [5.41, 5.74) is 28.1. The molecule has 10 aromatic carbocycles. The molecule has 0 bridgehead atoms. The van der Waals surface area contributed by atoms with Gasteiger partial charge in [-0.25, -0.2) is 4.99 Å². The fourth-order valence-corrected chi connectivity index (χ4v) is 14.2. The smallest absolute Gasteiger partial charge is 0.155 e. The van der Waals surface area contributed by atoms with E-state index in [0.717, 1.165) is 45.9 Å². The Morgan fingerprint density at radius 2 is 0.903 bits per heavy atom. The molecule has 4 heteroatoms. The van der Waals surface area contributed by atoms with Crippen molar-refractivity contribution in [3.05, 3.63) is 304 Å². The van der Waals surface area contributed by atoms with E-state index >= 15 is 0 Å². The first-order chi connectivity index (χ1) is 35.6. The number of anilines is 1. The third kappa shape index (κ3) is 6.12. The molecule has 14 rings (SSSR count). The Morgan fingerprint density at radius 3 is 1.54 bits per heavy atom. The van der Waals surface area contributed by atoms with E-state index in [1.807, 2.05) is 30.0 Å². The molecule has 0 saturated carbocycles. The van der Waals surface area contributed by atoms with Gasteiger partial charge in [0.05, 0.1) is 22.6 Å². The maximum atomic E-state index is 6.24. The van der Waals surface area contributed by atoms with Crippen molar-refractivity contribution in [1.82, 2.24) is 0 Å². The number of rotatable bonds is 6. The van der Waals surface area contributed by atoms with Crippen molar-refractivity contribution in [3.63, 3.8) is 0 Å². The number of benzene rings is 10. The van der Waals surface area contributed by atoms with E-state index in [2.05, 4.69) is 231 Å². The van der Waals surface area contributed by atoms with E-state index in [1.165, 1.54) is 82.1 Å². The lowest BCUT2D eigenvalue weighted by molar-refractivity contribution is 0.532. The van der Waals surface area contributed by atoms with Gasteiger partial charge in [-0.3, -0.25) is 4.99 Å². The molecule has 0 amide bonds. The quantitative estimate of drug-likeness (QED) is 0.169. The van der Waals surface area contributed by atoms with Gasteiger partial charge in [0.1, 0.15) is 0 Å². The highest BCUT2D eigenvalue weighted by molar-refractivity contribution is 7.99. The van der Waals surface area contributed by atoms with Gasteiger partial charge >= 0.3 is 0 Å². The lowest BCUT2D eigenvalue weighted by Gasteiger charge is -2.51. The van der Waals surface area contributed by atoms with Gasteiger partial charge in [-0.15, -0.1) is 0 Å². The molecule has 2 aliphatic carbocycles. The van der Waals surface area contributed by atoms with Crippen LogP contribution in [0.25, 0.3) is 33.4 Å². The lowest BCUT2D eigenvalue weighted by atomic mass is 9.51. The van der Waals surface area contributed by atoms with Crippen LogP contribution in [0.15, 0.2) is 262 Å². The third-order valence-electron chi connectivity index (χ3n) is 16.0. The Kier molecular flexibility index (Phi) is 9.84. The molecule has 342 valence electrons. The first-order valence-electron chi connectivity index (χ1n) is 25.2. The summed E-state index contributed by atoms with van der Waals surface area (Å²) < 4.78 is 0. The Balaban J connectivity index is 0.931. The number of hydrogen-bond acceptors (Lipinski definition) is 4. The van der Waals surface area contributed by atoms with Crippen molar-refractivity contribution in [1.29, 1.82) is 0 Å². The van der Waals surface area contributed by atoms with Crippen LogP contribution in [0.3, 0.4) is 0 Å². The van der Waals surface area contributed by atoms with E-state index in [1.54, 1.807) is 0 Å². The molecule has 4 aliphatic rings. The number of aliphatic imine (C=N–C) groups is 2. The SMILES string of the molecule is CCC1C(c2ccc(-c3cccc4c3-c3ccccc3C43c4ccccc4C4(c5ccccc5Sc5ccccc54)c4ccccc43)cc2)=NC(c2cccc(-c3cccc(N)c3)c2)=NC1c1ccccc1. The number of amidine groups is 1. The van der Waals surface area contributed by atoms with E-state index in [4.69, 9.17) is 15.7 Å². The maximum absolute atomic E-state index is 6.24. The molecule has 3 nitrogen and oxygen atoms in total. The highest BCUT2D eigenvalue weighted by atomic mass is 32.2. The summed E-state index contributed by atoms with van der Waals surface area (Å²) in [6.45, 7) is 2.26. The Morgan fingerprint density at radius 1 is 0.417 bits per heavy atom. The van der Waals surface area contributed by atoms with Crippen LogP contribution in [0.1, 0.15) is 80.6 Å². The molecular weight excluding hydrogens is 891 g/mol. The van der Waals surface area contributed by atoms with Gasteiger partial charge in [-0.1, -0.05) is 231 Å². The second-order valence-corrected chi connectivity index (χ2v) is 20.6. The fourth-order valence-electron chi connectivity index (χ4n) is 13.1. The van der Waals surface area contributed by atoms with Crippen LogP contribution in [0.2, 0.25) is 0 Å². The number of nitrogens with zero attached hydrogens (tertiary/aromatic N) is 2. The summed E-state index contributed by atoms with van der Waals surface area (Å²) in [7, 11) is 0. The molecule has 2 atom stereocenters. The first kappa shape index (κ1) is 42.6. The van der Waals surface area contributed by atoms with E-state index in [-0.39, 0.29) is 12.0 Å². The molecular formula is C68H49N3S. The van der Waals surface area contributed by atoms with Gasteiger partial charge in [-0.05, 0) is 126 Å². The molecule has 2 spiro atoms. The van der Waals surface area contributed by atoms with Crippen LogP contribution < -0.4 is 5.73 Å². The molecule has 72 heavy (non-hydrogen) atoms. The Hall–Kier alpha value is -8.31. The van der Waals surface area contributed by atoms with Crippen LogP contribution in [0.4, 0.5) is 5.69 Å². The summed E-state index contributed by atoms with van der Waals surface area (Å²) >= 11 is 1.89. The Labute approximate surface area is 425 Å². The highest BCUT2D eigenvalue weighted by Crippen LogP contribution is 2.67. The van der Waals surface area contributed by atoms with Crippen LogP contribution >= 0.6 is 11.8 Å². The van der Waals surface area contributed by atoms with Crippen LogP contribution in [-0.4, -0.2) is 11.5 Å². The summed E-state index contributed by atoms with van der Waals surface area (Å²) in [5.74, 6) is 0.832. The largest absolute Gasteiger partial charge is 0.399 e. The van der Waals surface area contributed by atoms with E-state index in [9.17, 15) is 0 Å². The number of fused-ring (bicyclic) bond motifs is 15. The highest BCUT2D eigenvalue weighted by Gasteiger charge is 2.58. The fraction of sp³-hybridized carbons (Fsp3) is 0.0882. The van der Waals surface area contributed by atoms with Gasteiger partial charge in [0.2, 0.25) is 0 Å². The van der Waals surface area contributed by atoms with Crippen molar-refractivity contribution in [2.24, 2.45) is 15.9 Å². The molecule has 0 aromatic heterocycles. The second-order valence-electron chi connectivity index (χ2n) is 19.6. The lowest BCUT2D eigenvalue weighted by Crippen LogP contribution is -2.45. The van der Waals surface area contributed by atoms with E-state index < -0.39 is 10.8 Å². The summed E-state index contributed by atoms with van der Waals surface area (Å²) in [6, 6.07) is 89.6. The first-order valence-corrected chi connectivity index (χ1v) is 26.0. The van der Waals surface area contributed by atoms with Crippen LogP contribution in [-0.2, 0) is 10.8 Å². The average molecular weight is 940 g/mol. The zero-order valence-corrected chi connectivity index (χ0v) is 40.7. The molecule has 0 radical (unpaired) electrons. The number of hydrogen-bond donors (Lipinski definition) is 1. The number of nitrogens with two attached hydrogens (primary N) is 1. The monoisotopic (exact) mass is 939 g/mol. The molecule has 2 N–H and O–H groups in total. The average Bonchev–Trinajstić information content (AvgIpc) is 3.75. The van der Waals surface area contributed by atoms with Crippen LogP contribution in [0.5, 0.6) is 0 Å². The maximum Gasteiger partial charge on any atom is 0.155 e. The molecule has 0 fully saturated rings. The molecule has 2 heterocycles. The van der Waals surface area contributed by atoms with Crippen molar-refractivity contribution >= 4 is 29.0 Å². The normalized spacial score (nSPS) is 17.1. The van der Waals surface area contributed by atoms with E-state index in [0.29, 0.717) is 0 Å². The molecule has 0 saturated heterocycles. The molecule has 2 aliphatic heterocycles. The minimum absolute atomic E-state index is 0.0863. The van der Waals surface area contributed by atoms with Gasteiger partial charge in [0.15, 0.2) is 5.84 Å². The summed E-state index contributed by atoms with van der Waals surface area (Å²) in [5, 5.41) is 0. The van der Waals surface area contributed by atoms with Crippen molar-refractivity contribution in [3.8, 4) is 33.4 Å². The van der Waals surface area contributed by atoms with Gasteiger partial charge in [-0.2, -0.15) is 0 Å². The van der Waals surface area contributed by atoms with Gasteiger partial charge in [0, 0.05) is 27.0 Å². The Bertz CT molecular complexity index is 3770. The minimum atomic E-state index is -0.563. The number of nitrogen functional groups attached to an aromatic ring is 1. The summed E-state index contributed by atoms with van der Waals surface area (Å²) in [4.78, 5) is 13.6. The summed E-state index contributed by atoms with van der Waals surface area (Å²) in [6.07, 6.45) is 0.894. The molecule has 10 aromatic rings. The second kappa shape index (κ2) is 16.7. The predicted molar refractivity (Wildman–Crippen MR) is 298 cm³/mol. The minimum Gasteiger partial charge on any atom is -0.399 e.